The fourth-order valence-corrected chi connectivity index (χ4v) is 11.0. The topological polar surface area (TPSA) is 91.4 Å². The van der Waals surface area contributed by atoms with E-state index in [1.54, 1.807) is 13.0 Å². The van der Waals surface area contributed by atoms with Crippen LogP contribution in [0.4, 0.5) is 5.69 Å². The zero-order valence-electron chi connectivity index (χ0n) is 31.5. The quantitative estimate of drug-likeness (QED) is 0.346. The number of nitrogens with zero attached hydrogens (tertiary/aromatic N) is 3. The molecular weight excluding hydrogens is 696 g/mol. The van der Waals surface area contributed by atoms with Crippen molar-refractivity contribution in [3.05, 3.63) is 70.3 Å². The summed E-state index contributed by atoms with van der Waals surface area (Å²) in [6.07, 6.45) is 11.2. The number of rotatable bonds is 4. The molecule has 0 aromatic heterocycles. The molecule has 52 heavy (non-hydrogen) atoms. The van der Waals surface area contributed by atoms with Crippen molar-refractivity contribution in [3.8, 4) is 5.75 Å². The number of allylic oxidation sites excluding steroid dienone is 1. The van der Waals surface area contributed by atoms with E-state index in [1.165, 1.54) is 12.0 Å². The Morgan fingerprint density at radius 3 is 2.58 bits per heavy atom. The van der Waals surface area contributed by atoms with E-state index in [9.17, 15) is 13.2 Å². The molecule has 1 aliphatic carbocycles. The molecule has 4 heterocycles. The van der Waals surface area contributed by atoms with Gasteiger partial charge in [-0.15, -0.1) is 0 Å². The molecule has 7 rings (SSSR count). The zero-order valence-corrected chi connectivity index (χ0v) is 33.1. The van der Waals surface area contributed by atoms with Gasteiger partial charge in [-0.2, -0.15) is 0 Å². The molecule has 0 spiro atoms. The van der Waals surface area contributed by atoms with Crippen molar-refractivity contribution in [2.45, 2.75) is 108 Å². The number of carbonyl (C=O) groups is 1. The summed E-state index contributed by atoms with van der Waals surface area (Å²) >= 11 is 6.41. The van der Waals surface area contributed by atoms with Gasteiger partial charge in [-0.3, -0.25) is 14.6 Å². The normalized spacial score (nSPS) is 33.3. The summed E-state index contributed by atoms with van der Waals surface area (Å²) in [5.41, 5.74) is 2.92. The average Bonchev–Trinajstić information content (AvgIpc) is 3.69. The molecule has 4 bridgehead atoms. The Morgan fingerprint density at radius 2 is 1.87 bits per heavy atom. The van der Waals surface area contributed by atoms with Gasteiger partial charge in [0.1, 0.15) is 18.0 Å². The van der Waals surface area contributed by atoms with Gasteiger partial charge in [0, 0.05) is 68.5 Å². The van der Waals surface area contributed by atoms with Gasteiger partial charge in [0.2, 0.25) is 10.0 Å². The lowest BCUT2D eigenvalue weighted by Gasteiger charge is -2.52. The summed E-state index contributed by atoms with van der Waals surface area (Å²) in [6.45, 7) is 13.2. The lowest BCUT2D eigenvalue weighted by Crippen LogP contribution is -2.59. The van der Waals surface area contributed by atoms with Crippen molar-refractivity contribution < 1.29 is 22.7 Å². The second-order valence-electron chi connectivity index (χ2n) is 16.5. The van der Waals surface area contributed by atoms with Crippen LogP contribution in [0.25, 0.3) is 0 Å². The van der Waals surface area contributed by atoms with Gasteiger partial charge in [0.25, 0.3) is 5.91 Å². The number of amides is 1. The number of anilines is 1. The lowest BCUT2D eigenvalue weighted by molar-refractivity contribution is -0.0971. The Hall–Kier alpha value is -2.63. The highest BCUT2D eigenvalue weighted by Gasteiger charge is 2.52. The zero-order chi connectivity index (χ0) is 36.8. The first-order valence-corrected chi connectivity index (χ1v) is 21.4. The Morgan fingerprint density at radius 1 is 1.04 bits per heavy atom. The van der Waals surface area contributed by atoms with Gasteiger partial charge in [-0.1, -0.05) is 36.7 Å². The smallest absolute Gasteiger partial charge is 0.264 e. The van der Waals surface area contributed by atoms with Crippen LogP contribution in [-0.4, -0.2) is 92.9 Å². The van der Waals surface area contributed by atoms with Crippen molar-refractivity contribution >= 4 is 33.2 Å². The third kappa shape index (κ3) is 7.52. The SMILES string of the molecule is CO[C@]1(CN2C[C@H]3C[C@@H]2CN3C(C)C)/C=C/C[C@H](C)[C@@H](C)S(=O)(=O)NC(=O)c2ccc3c(c2)N(CCCCc2cc(Cl)ccc2CO3)C[C@@H]2CC[C@H]21. The molecule has 1 amide bonds. The van der Waals surface area contributed by atoms with Gasteiger partial charge in [-0.05, 0) is 125 Å². The van der Waals surface area contributed by atoms with E-state index in [-0.39, 0.29) is 5.92 Å². The summed E-state index contributed by atoms with van der Waals surface area (Å²) in [7, 11) is -2.08. The number of likely N-dealkylation sites (tertiary alicyclic amines) is 2. The fourth-order valence-electron chi connectivity index (χ4n) is 9.56. The molecular formula is C41H57ClN4O5S. The number of nitrogens with one attached hydrogen (secondary N) is 1. The number of fused-ring (bicyclic) bond motifs is 5. The van der Waals surface area contributed by atoms with Crippen LogP contribution in [0.1, 0.15) is 87.7 Å². The van der Waals surface area contributed by atoms with Gasteiger partial charge >= 0.3 is 0 Å². The molecule has 1 saturated carbocycles. The number of benzene rings is 2. The molecule has 11 heteroatoms. The minimum Gasteiger partial charge on any atom is -0.487 e. The Balaban J connectivity index is 1.25. The van der Waals surface area contributed by atoms with Crippen LogP contribution in [-0.2, 0) is 27.8 Å². The summed E-state index contributed by atoms with van der Waals surface area (Å²) in [6, 6.07) is 13.0. The lowest BCUT2D eigenvalue weighted by atomic mass is 9.63. The minimum absolute atomic E-state index is 0.210. The predicted molar refractivity (Wildman–Crippen MR) is 208 cm³/mol. The van der Waals surface area contributed by atoms with Crippen LogP contribution in [0.15, 0.2) is 48.6 Å². The molecule has 3 fully saturated rings. The molecule has 0 radical (unpaired) electrons. The first-order valence-electron chi connectivity index (χ1n) is 19.4. The fraction of sp³-hybridized carbons (Fsp3) is 0.634. The maximum atomic E-state index is 13.6. The minimum atomic E-state index is -3.95. The Kier molecular flexibility index (Phi) is 11.0. The third-order valence-corrected chi connectivity index (χ3v) is 15.2. The molecule has 2 aromatic carbocycles. The molecule has 2 aromatic rings. The van der Waals surface area contributed by atoms with E-state index in [2.05, 4.69) is 45.4 Å². The van der Waals surface area contributed by atoms with Crippen LogP contribution in [0.2, 0.25) is 5.02 Å². The van der Waals surface area contributed by atoms with E-state index in [1.807, 2.05) is 44.4 Å². The van der Waals surface area contributed by atoms with E-state index in [0.717, 1.165) is 81.1 Å². The van der Waals surface area contributed by atoms with Crippen LogP contribution in [0, 0.1) is 17.8 Å². The van der Waals surface area contributed by atoms with E-state index < -0.39 is 26.8 Å². The van der Waals surface area contributed by atoms with Crippen LogP contribution < -0.4 is 14.4 Å². The van der Waals surface area contributed by atoms with Crippen molar-refractivity contribution in [1.29, 1.82) is 0 Å². The summed E-state index contributed by atoms with van der Waals surface area (Å²) in [4.78, 5) is 21.3. The van der Waals surface area contributed by atoms with Gasteiger partial charge in [-0.25, -0.2) is 13.1 Å². The molecule has 0 unspecified atom stereocenters. The summed E-state index contributed by atoms with van der Waals surface area (Å²) in [5, 5.41) is -0.0490. The molecule has 2 saturated heterocycles. The highest BCUT2D eigenvalue weighted by Crippen LogP contribution is 2.48. The number of piperazine rings is 1. The molecule has 9 nitrogen and oxygen atoms in total. The van der Waals surface area contributed by atoms with Gasteiger partial charge in [0.15, 0.2) is 0 Å². The standard InChI is InChI=1S/C41H57ClN4O5S/c1-27(2)46-24-35-21-36(46)23-45(35)26-41(50-5)17-8-9-28(3)29(4)52(48,49)43-40(47)31-13-16-39-38(20-31)44(22-32-12-15-37(32)41)18-7-6-10-30-19-34(42)14-11-33(30)25-51-39/h8,11,13-14,16-17,19-20,27-29,32,35-37H,6-7,9-10,12,15,18,21-26H2,1-5H3,(H,43,47)/b17-8+/t28-,29+,32-,35+,36+,37+,41-/m0/s1. The van der Waals surface area contributed by atoms with Crippen LogP contribution >= 0.6 is 11.6 Å². The van der Waals surface area contributed by atoms with E-state index >= 15 is 0 Å². The van der Waals surface area contributed by atoms with Crippen LogP contribution in [0.5, 0.6) is 5.75 Å². The first-order chi connectivity index (χ1) is 24.9. The van der Waals surface area contributed by atoms with Crippen molar-refractivity contribution in [2.75, 3.05) is 44.7 Å². The monoisotopic (exact) mass is 752 g/mol. The van der Waals surface area contributed by atoms with Crippen LogP contribution in [0.3, 0.4) is 0 Å². The number of carbonyl (C=O) groups excluding carboxylic acids is 1. The molecule has 5 aliphatic rings. The van der Waals surface area contributed by atoms with Crippen molar-refractivity contribution in [1.82, 2.24) is 14.5 Å². The second kappa shape index (κ2) is 15.2. The molecule has 1 N–H and O–H groups in total. The Bertz CT molecular complexity index is 1770. The molecule has 7 atom stereocenters. The third-order valence-electron chi connectivity index (χ3n) is 13.1. The number of hydrogen-bond acceptors (Lipinski definition) is 8. The molecule has 284 valence electrons. The highest BCUT2D eigenvalue weighted by molar-refractivity contribution is 7.90. The number of ether oxygens (including phenoxy) is 2. The summed E-state index contributed by atoms with van der Waals surface area (Å²) < 4.78 is 42.9. The van der Waals surface area contributed by atoms with E-state index in [4.69, 9.17) is 21.1 Å². The maximum Gasteiger partial charge on any atom is 0.264 e. The first kappa shape index (κ1) is 37.7. The number of methoxy groups -OCH3 is 1. The van der Waals surface area contributed by atoms with Crippen molar-refractivity contribution in [2.24, 2.45) is 17.8 Å². The van der Waals surface area contributed by atoms with Gasteiger partial charge in [0.05, 0.1) is 10.9 Å². The highest BCUT2D eigenvalue weighted by atomic mass is 35.5. The number of aryl methyl sites for hydroxylation is 1. The number of sulfonamides is 1. The maximum absolute atomic E-state index is 13.6. The van der Waals surface area contributed by atoms with E-state index in [0.29, 0.717) is 54.3 Å². The largest absolute Gasteiger partial charge is 0.487 e. The molecule has 4 aliphatic heterocycles. The summed E-state index contributed by atoms with van der Waals surface area (Å²) in [5.74, 6) is 0.515. The predicted octanol–water partition coefficient (Wildman–Crippen LogP) is 6.68. The Labute approximate surface area is 316 Å². The average molecular weight is 753 g/mol. The van der Waals surface area contributed by atoms with Gasteiger partial charge < -0.3 is 14.4 Å². The number of hydrogen-bond donors (Lipinski definition) is 1. The van der Waals surface area contributed by atoms with Crippen molar-refractivity contribution in [3.63, 3.8) is 0 Å². The second-order valence-corrected chi connectivity index (χ2v) is 18.9. The number of halogens is 1.